The maximum atomic E-state index is 6.03. The van der Waals surface area contributed by atoms with Gasteiger partial charge in [0, 0.05) is 7.11 Å². The van der Waals surface area contributed by atoms with E-state index in [4.69, 9.17) is 4.43 Å². The molecule has 0 aliphatic carbocycles. The Morgan fingerprint density at radius 2 is 1.12 bits per heavy atom. The zero-order chi connectivity index (χ0) is 19.8. The van der Waals surface area contributed by atoms with E-state index in [-0.39, 0.29) is 0 Å². The van der Waals surface area contributed by atoms with Crippen molar-refractivity contribution in [1.82, 2.24) is 14.7 Å². The van der Waals surface area contributed by atoms with Crippen molar-refractivity contribution in [3.63, 3.8) is 0 Å². The molecule has 0 aromatic heterocycles. The second kappa shape index (κ2) is 16.1. The minimum absolute atomic E-state index is 1.22. The first-order valence-electron chi connectivity index (χ1n) is 11.1. The van der Waals surface area contributed by atoms with Crippen molar-refractivity contribution < 1.29 is 4.43 Å². The van der Waals surface area contributed by atoms with Crippen LogP contribution in [0.4, 0.5) is 0 Å². The average molecular weight is 388 g/mol. The lowest BCUT2D eigenvalue weighted by Crippen LogP contribution is -2.41. The molecule has 0 atom stereocenters. The zero-order valence-electron chi connectivity index (χ0n) is 19.1. The molecule has 0 radical (unpaired) electrons. The lowest BCUT2D eigenvalue weighted by Gasteiger charge is -2.31. The lowest BCUT2D eigenvalue weighted by atomic mass is 10.3. The van der Waals surface area contributed by atoms with E-state index in [0.29, 0.717) is 0 Å². The molecule has 0 unspecified atom stereocenters. The molecule has 0 aliphatic rings. The second-order valence-corrected chi connectivity index (χ2v) is 12.7. The minimum Gasteiger partial charge on any atom is -0.420 e. The topological polar surface area (TPSA) is 19.0 Å². The molecule has 0 saturated heterocycles. The van der Waals surface area contributed by atoms with Crippen molar-refractivity contribution >= 4 is 8.32 Å². The van der Waals surface area contributed by atoms with E-state index in [1.807, 2.05) is 7.11 Å². The van der Waals surface area contributed by atoms with Crippen molar-refractivity contribution in [3.05, 3.63) is 0 Å². The van der Waals surface area contributed by atoms with Crippen molar-refractivity contribution in [2.75, 3.05) is 67.0 Å². The van der Waals surface area contributed by atoms with Crippen LogP contribution >= 0.6 is 0 Å². The van der Waals surface area contributed by atoms with Crippen LogP contribution in [-0.2, 0) is 4.43 Å². The summed E-state index contributed by atoms with van der Waals surface area (Å²) in [5.74, 6) is 0. The third kappa shape index (κ3) is 11.7. The van der Waals surface area contributed by atoms with Crippen molar-refractivity contribution in [2.24, 2.45) is 0 Å². The third-order valence-electron chi connectivity index (χ3n) is 5.84. The summed E-state index contributed by atoms with van der Waals surface area (Å²) in [6.45, 7) is 17.7. The molecule has 0 N–H and O–H groups in total. The Morgan fingerprint density at radius 3 is 1.46 bits per heavy atom. The Hall–Kier alpha value is 0.0569. The van der Waals surface area contributed by atoms with Gasteiger partial charge in [-0.15, -0.1) is 0 Å². The lowest BCUT2D eigenvalue weighted by molar-refractivity contribution is 0.232. The van der Waals surface area contributed by atoms with E-state index in [0.717, 1.165) is 0 Å². The molecule has 0 rings (SSSR count). The predicted molar refractivity (Wildman–Crippen MR) is 120 cm³/mol. The summed E-state index contributed by atoms with van der Waals surface area (Å²) in [4.78, 5) is 7.66. The Balaban J connectivity index is 4.46. The predicted octanol–water partition coefficient (Wildman–Crippen LogP) is 4.38. The number of hydrogen-bond donors (Lipinski definition) is 0. The normalized spacial score (nSPS) is 12.7. The highest BCUT2D eigenvalue weighted by atomic mass is 28.4. The Labute approximate surface area is 166 Å². The summed E-state index contributed by atoms with van der Waals surface area (Å²) in [6.07, 6.45) is 5.06. The fourth-order valence-corrected chi connectivity index (χ4v) is 6.52. The van der Waals surface area contributed by atoms with Crippen LogP contribution in [0, 0.1) is 0 Å². The summed E-state index contributed by atoms with van der Waals surface area (Å²) < 4.78 is 6.03. The standard InChI is InChI=1S/C21H49N3OSi/c1-8-14-22(5)16-12-18-24(19-13-17-23(6)15-9-2)20-21-26(10-3,11-4)25-7/h8-21H2,1-7H3. The molecule has 5 heteroatoms. The molecule has 158 valence electrons. The first-order chi connectivity index (χ1) is 12.5. The van der Waals surface area contributed by atoms with Gasteiger partial charge in [-0.2, -0.15) is 0 Å². The summed E-state index contributed by atoms with van der Waals surface area (Å²) in [7, 11) is 4.97. The Morgan fingerprint density at radius 1 is 0.654 bits per heavy atom. The van der Waals surface area contributed by atoms with Gasteiger partial charge in [0.05, 0.1) is 0 Å². The number of nitrogens with zero attached hydrogens (tertiary/aromatic N) is 3. The molecule has 0 aliphatic heterocycles. The molecule has 0 amide bonds. The highest BCUT2D eigenvalue weighted by molar-refractivity contribution is 6.73. The van der Waals surface area contributed by atoms with Crippen LogP contribution in [0.1, 0.15) is 53.4 Å². The first kappa shape index (κ1) is 26.1. The van der Waals surface area contributed by atoms with Crippen LogP contribution < -0.4 is 0 Å². The van der Waals surface area contributed by atoms with Crippen LogP contribution in [0.3, 0.4) is 0 Å². The summed E-state index contributed by atoms with van der Waals surface area (Å²) in [6, 6.07) is 3.77. The van der Waals surface area contributed by atoms with Crippen LogP contribution in [0.5, 0.6) is 0 Å². The molecule has 0 aromatic carbocycles. The maximum Gasteiger partial charge on any atom is 0.192 e. The molecule has 0 heterocycles. The molecule has 0 spiro atoms. The van der Waals surface area contributed by atoms with Gasteiger partial charge in [-0.25, -0.2) is 0 Å². The van der Waals surface area contributed by atoms with E-state index in [2.05, 4.69) is 56.5 Å². The monoisotopic (exact) mass is 387 g/mol. The van der Waals surface area contributed by atoms with E-state index >= 15 is 0 Å². The molecular weight excluding hydrogens is 338 g/mol. The van der Waals surface area contributed by atoms with E-state index in [1.54, 1.807) is 0 Å². The van der Waals surface area contributed by atoms with Gasteiger partial charge < -0.3 is 19.1 Å². The van der Waals surface area contributed by atoms with Gasteiger partial charge in [-0.05, 0) is 104 Å². The van der Waals surface area contributed by atoms with Crippen LogP contribution in [0.25, 0.3) is 0 Å². The first-order valence-corrected chi connectivity index (χ1v) is 13.6. The molecule has 0 saturated carbocycles. The average Bonchev–Trinajstić information content (AvgIpc) is 2.63. The van der Waals surface area contributed by atoms with E-state index in [9.17, 15) is 0 Å². The van der Waals surface area contributed by atoms with Crippen LogP contribution in [-0.4, -0.2) is 90.0 Å². The second-order valence-electron chi connectivity index (χ2n) is 8.00. The third-order valence-corrected chi connectivity index (χ3v) is 10.4. The number of hydrogen-bond acceptors (Lipinski definition) is 4. The Kier molecular flexibility index (Phi) is 16.1. The fourth-order valence-electron chi connectivity index (χ4n) is 3.81. The van der Waals surface area contributed by atoms with Gasteiger partial charge >= 0.3 is 0 Å². The smallest absolute Gasteiger partial charge is 0.192 e. The summed E-state index contributed by atoms with van der Waals surface area (Å²) in [5, 5.41) is 0. The van der Waals surface area contributed by atoms with Gasteiger partial charge in [0.15, 0.2) is 8.32 Å². The zero-order valence-corrected chi connectivity index (χ0v) is 20.1. The van der Waals surface area contributed by atoms with Gasteiger partial charge in [-0.1, -0.05) is 27.7 Å². The summed E-state index contributed by atoms with van der Waals surface area (Å²) in [5.41, 5.74) is 0. The molecule has 0 aromatic rings. The van der Waals surface area contributed by atoms with Gasteiger partial charge in [-0.3, -0.25) is 0 Å². The minimum atomic E-state index is -1.49. The molecule has 26 heavy (non-hydrogen) atoms. The Bertz CT molecular complexity index is 287. The van der Waals surface area contributed by atoms with Crippen molar-refractivity contribution in [1.29, 1.82) is 0 Å². The fraction of sp³-hybridized carbons (Fsp3) is 1.00. The number of rotatable bonds is 18. The van der Waals surface area contributed by atoms with Gasteiger partial charge in [0.25, 0.3) is 0 Å². The molecule has 4 nitrogen and oxygen atoms in total. The molecule has 0 bridgehead atoms. The summed E-state index contributed by atoms with van der Waals surface area (Å²) >= 11 is 0. The van der Waals surface area contributed by atoms with Crippen molar-refractivity contribution in [3.8, 4) is 0 Å². The SMILES string of the molecule is CCCN(C)CCCN(CCCN(C)CCC)CC[Si](CC)(CC)OC. The van der Waals surface area contributed by atoms with Crippen molar-refractivity contribution in [2.45, 2.75) is 71.5 Å². The highest BCUT2D eigenvalue weighted by Crippen LogP contribution is 2.21. The highest BCUT2D eigenvalue weighted by Gasteiger charge is 2.29. The van der Waals surface area contributed by atoms with Gasteiger partial charge in [0.1, 0.15) is 0 Å². The molecular formula is C21H49N3OSi. The quantitative estimate of drug-likeness (QED) is 0.325. The largest absolute Gasteiger partial charge is 0.420 e. The van der Waals surface area contributed by atoms with Crippen LogP contribution in [0.2, 0.25) is 18.1 Å². The van der Waals surface area contributed by atoms with E-state index in [1.165, 1.54) is 89.6 Å². The van der Waals surface area contributed by atoms with Crippen LogP contribution in [0.15, 0.2) is 0 Å². The molecule has 0 fully saturated rings. The maximum absolute atomic E-state index is 6.03. The van der Waals surface area contributed by atoms with Gasteiger partial charge in [0.2, 0.25) is 0 Å². The van der Waals surface area contributed by atoms with E-state index < -0.39 is 8.32 Å².